The standard InChI is InChI=1S/C14H18F2N2O.ClH/c1-14(4-6-17-7-5-14)9-18-13(19)11-3-2-10(15)8-12(11)16;/h2-3,8,17H,4-7,9H2,1H3,(H,18,19);1H. The predicted octanol–water partition coefficient (Wildman–Crippen LogP) is 2.51. The Hall–Kier alpha value is -1.20. The van der Waals surface area contributed by atoms with E-state index in [1.165, 1.54) is 6.07 Å². The Morgan fingerprint density at radius 3 is 2.60 bits per heavy atom. The van der Waals surface area contributed by atoms with Gasteiger partial charge < -0.3 is 10.6 Å². The Morgan fingerprint density at radius 2 is 2.00 bits per heavy atom. The molecule has 0 radical (unpaired) electrons. The van der Waals surface area contributed by atoms with Crippen molar-refractivity contribution in [1.82, 2.24) is 10.6 Å². The minimum atomic E-state index is -0.826. The van der Waals surface area contributed by atoms with Gasteiger partial charge in [-0.2, -0.15) is 0 Å². The molecule has 1 aliphatic rings. The van der Waals surface area contributed by atoms with Gasteiger partial charge in [0.2, 0.25) is 0 Å². The fraction of sp³-hybridized carbons (Fsp3) is 0.500. The molecule has 0 aliphatic carbocycles. The van der Waals surface area contributed by atoms with Crippen molar-refractivity contribution in [2.45, 2.75) is 19.8 Å². The van der Waals surface area contributed by atoms with Crippen molar-refractivity contribution in [3.63, 3.8) is 0 Å². The van der Waals surface area contributed by atoms with Crippen molar-refractivity contribution in [3.05, 3.63) is 35.4 Å². The van der Waals surface area contributed by atoms with E-state index >= 15 is 0 Å². The van der Waals surface area contributed by atoms with Gasteiger partial charge in [0.15, 0.2) is 0 Å². The molecule has 2 N–H and O–H groups in total. The number of carbonyl (C=O) groups is 1. The second-order valence-corrected chi connectivity index (χ2v) is 5.37. The molecular weight excluding hydrogens is 286 g/mol. The van der Waals surface area contributed by atoms with E-state index in [1.54, 1.807) is 0 Å². The highest BCUT2D eigenvalue weighted by atomic mass is 35.5. The van der Waals surface area contributed by atoms with Gasteiger partial charge in [0.05, 0.1) is 5.56 Å². The average molecular weight is 305 g/mol. The van der Waals surface area contributed by atoms with Gasteiger partial charge in [-0.15, -0.1) is 12.4 Å². The summed E-state index contributed by atoms with van der Waals surface area (Å²) in [5, 5.41) is 6.00. The van der Waals surface area contributed by atoms with Crippen molar-refractivity contribution in [2.24, 2.45) is 5.41 Å². The van der Waals surface area contributed by atoms with Gasteiger partial charge in [-0.1, -0.05) is 6.92 Å². The molecule has 0 unspecified atom stereocenters. The van der Waals surface area contributed by atoms with Crippen LogP contribution in [0.4, 0.5) is 8.78 Å². The van der Waals surface area contributed by atoms with E-state index in [-0.39, 0.29) is 23.4 Å². The van der Waals surface area contributed by atoms with Crippen LogP contribution in [0.25, 0.3) is 0 Å². The third kappa shape index (κ3) is 4.15. The third-order valence-electron chi connectivity index (χ3n) is 3.66. The minimum Gasteiger partial charge on any atom is -0.351 e. The molecule has 0 atom stereocenters. The number of rotatable bonds is 3. The van der Waals surface area contributed by atoms with Crippen LogP contribution in [-0.4, -0.2) is 25.5 Å². The summed E-state index contributed by atoms with van der Waals surface area (Å²) < 4.78 is 26.2. The first-order valence-corrected chi connectivity index (χ1v) is 6.44. The molecule has 20 heavy (non-hydrogen) atoms. The molecule has 1 aromatic carbocycles. The summed E-state index contributed by atoms with van der Waals surface area (Å²) in [6, 6.07) is 2.98. The van der Waals surface area contributed by atoms with E-state index in [0.29, 0.717) is 6.54 Å². The van der Waals surface area contributed by atoms with Gasteiger partial charge in [0.25, 0.3) is 5.91 Å². The van der Waals surface area contributed by atoms with E-state index in [4.69, 9.17) is 0 Å². The van der Waals surface area contributed by atoms with Crippen LogP contribution in [0.2, 0.25) is 0 Å². The number of benzene rings is 1. The zero-order valence-electron chi connectivity index (χ0n) is 11.3. The zero-order valence-corrected chi connectivity index (χ0v) is 12.2. The largest absolute Gasteiger partial charge is 0.351 e. The first kappa shape index (κ1) is 16.9. The summed E-state index contributed by atoms with van der Waals surface area (Å²) in [7, 11) is 0. The Kier molecular flexibility index (Phi) is 5.89. The second-order valence-electron chi connectivity index (χ2n) is 5.37. The normalized spacial score (nSPS) is 17.1. The van der Waals surface area contributed by atoms with Crippen LogP contribution in [0.1, 0.15) is 30.1 Å². The van der Waals surface area contributed by atoms with Crippen LogP contribution in [0, 0.1) is 17.0 Å². The molecule has 1 fully saturated rings. The smallest absolute Gasteiger partial charge is 0.254 e. The summed E-state index contributed by atoms with van der Waals surface area (Å²) in [4.78, 5) is 11.9. The topological polar surface area (TPSA) is 41.1 Å². The number of hydrogen-bond acceptors (Lipinski definition) is 2. The SMILES string of the molecule is CC1(CNC(=O)c2ccc(F)cc2F)CCNCC1.Cl. The zero-order chi connectivity index (χ0) is 13.9. The molecule has 0 bridgehead atoms. The Bertz CT molecular complexity index is 476. The quantitative estimate of drug-likeness (QED) is 0.901. The van der Waals surface area contributed by atoms with Crippen LogP contribution in [-0.2, 0) is 0 Å². The molecule has 1 heterocycles. The highest BCUT2D eigenvalue weighted by Crippen LogP contribution is 2.26. The number of hydrogen-bond donors (Lipinski definition) is 2. The number of carbonyl (C=O) groups excluding carboxylic acids is 1. The lowest BCUT2D eigenvalue weighted by Gasteiger charge is -2.34. The molecular formula is C14H19ClF2N2O. The maximum atomic E-state index is 13.5. The predicted molar refractivity (Wildman–Crippen MR) is 76.1 cm³/mol. The molecule has 0 aromatic heterocycles. The van der Waals surface area contributed by atoms with Crippen LogP contribution in [0.3, 0.4) is 0 Å². The monoisotopic (exact) mass is 304 g/mol. The Morgan fingerprint density at radius 1 is 1.35 bits per heavy atom. The maximum Gasteiger partial charge on any atom is 0.254 e. The Balaban J connectivity index is 0.00000200. The van der Waals surface area contributed by atoms with Gasteiger partial charge in [0, 0.05) is 12.6 Å². The van der Waals surface area contributed by atoms with Crippen molar-refractivity contribution < 1.29 is 13.6 Å². The lowest BCUT2D eigenvalue weighted by atomic mass is 9.81. The summed E-state index contributed by atoms with van der Waals surface area (Å²) in [5.41, 5.74) is -0.0730. The fourth-order valence-electron chi connectivity index (χ4n) is 2.27. The van der Waals surface area contributed by atoms with Crippen LogP contribution < -0.4 is 10.6 Å². The maximum absolute atomic E-state index is 13.5. The van der Waals surface area contributed by atoms with E-state index < -0.39 is 17.5 Å². The number of amides is 1. The van der Waals surface area contributed by atoms with E-state index in [1.807, 2.05) is 0 Å². The lowest BCUT2D eigenvalue weighted by Crippen LogP contribution is -2.43. The first-order valence-electron chi connectivity index (χ1n) is 6.44. The summed E-state index contributed by atoms with van der Waals surface area (Å²) in [6.07, 6.45) is 1.94. The van der Waals surface area contributed by atoms with Gasteiger partial charge in [0.1, 0.15) is 11.6 Å². The third-order valence-corrected chi connectivity index (χ3v) is 3.66. The van der Waals surface area contributed by atoms with Gasteiger partial charge in [-0.25, -0.2) is 8.78 Å². The van der Waals surface area contributed by atoms with Crippen molar-refractivity contribution in [3.8, 4) is 0 Å². The minimum absolute atomic E-state index is 0. The van der Waals surface area contributed by atoms with Crippen LogP contribution in [0.15, 0.2) is 18.2 Å². The van der Waals surface area contributed by atoms with Gasteiger partial charge in [-0.3, -0.25) is 4.79 Å². The molecule has 0 saturated carbocycles. The summed E-state index contributed by atoms with van der Waals surface area (Å²) in [5.74, 6) is -2.00. The first-order chi connectivity index (χ1) is 9.00. The molecule has 6 heteroatoms. The van der Waals surface area contributed by atoms with Crippen molar-refractivity contribution in [2.75, 3.05) is 19.6 Å². The molecule has 112 valence electrons. The molecule has 2 rings (SSSR count). The molecule has 1 amide bonds. The molecule has 1 aliphatic heterocycles. The molecule has 3 nitrogen and oxygen atoms in total. The number of piperidine rings is 1. The number of nitrogens with one attached hydrogen (secondary N) is 2. The Labute approximate surface area is 123 Å². The second kappa shape index (κ2) is 6.99. The molecule has 1 aromatic rings. The van der Waals surface area contributed by atoms with Crippen molar-refractivity contribution >= 4 is 18.3 Å². The van der Waals surface area contributed by atoms with E-state index in [0.717, 1.165) is 38.1 Å². The van der Waals surface area contributed by atoms with Crippen LogP contribution >= 0.6 is 12.4 Å². The van der Waals surface area contributed by atoms with E-state index in [9.17, 15) is 13.6 Å². The summed E-state index contributed by atoms with van der Waals surface area (Å²) >= 11 is 0. The van der Waals surface area contributed by atoms with E-state index in [2.05, 4.69) is 17.6 Å². The summed E-state index contributed by atoms with van der Waals surface area (Å²) in [6.45, 7) is 4.47. The molecule has 0 spiro atoms. The lowest BCUT2D eigenvalue weighted by molar-refractivity contribution is 0.0918. The van der Waals surface area contributed by atoms with Crippen molar-refractivity contribution in [1.29, 1.82) is 0 Å². The average Bonchev–Trinajstić information content (AvgIpc) is 2.37. The van der Waals surface area contributed by atoms with Gasteiger partial charge >= 0.3 is 0 Å². The van der Waals surface area contributed by atoms with Gasteiger partial charge in [-0.05, 0) is 43.5 Å². The highest BCUT2D eigenvalue weighted by molar-refractivity contribution is 5.94. The highest BCUT2D eigenvalue weighted by Gasteiger charge is 2.27. The number of halogens is 3. The fourth-order valence-corrected chi connectivity index (χ4v) is 2.27. The molecule has 1 saturated heterocycles. The van der Waals surface area contributed by atoms with Crippen LogP contribution in [0.5, 0.6) is 0 Å².